The van der Waals surface area contributed by atoms with Gasteiger partial charge in [0.2, 0.25) is 0 Å². The minimum atomic E-state index is 0.677. The van der Waals surface area contributed by atoms with Crippen LogP contribution in [0.5, 0.6) is 0 Å². The van der Waals surface area contributed by atoms with Gasteiger partial charge >= 0.3 is 0 Å². The van der Waals surface area contributed by atoms with E-state index < -0.39 is 0 Å². The fraction of sp³-hybridized carbons (Fsp3) is 0.667. The SMILES string of the molecule is CCc1c(NN)ncnc1NCCC1CCOC1. The molecule has 1 atom stereocenters. The Kier molecular flexibility index (Phi) is 4.72. The summed E-state index contributed by atoms with van der Waals surface area (Å²) in [6.45, 7) is 4.76. The molecule has 6 nitrogen and oxygen atoms in total. The Bertz CT molecular complexity index is 379. The number of aromatic nitrogens is 2. The Morgan fingerprint density at radius 1 is 1.44 bits per heavy atom. The summed E-state index contributed by atoms with van der Waals surface area (Å²) < 4.78 is 5.36. The van der Waals surface area contributed by atoms with Gasteiger partial charge in [-0.25, -0.2) is 15.8 Å². The number of ether oxygens (including phenoxy) is 1. The molecule has 0 aromatic carbocycles. The van der Waals surface area contributed by atoms with Crippen LogP contribution in [-0.2, 0) is 11.2 Å². The molecule has 1 saturated heterocycles. The molecule has 0 amide bonds. The van der Waals surface area contributed by atoms with Crippen molar-refractivity contribution in [1.29, 1.82) is 0 Å². The summed E-state index contributed by atoms with van der Waals surface area (Å²) in [5, 5.41) is 3.36. The van der Waals surface area contributed by atoms with Crippen LogP contribution in [0.2, 0.25) is 0 Å². The number of hydrogen-bond acceptors (Lipinski definition) is 6. The first-order chi connectivity index (χ1) is 8.85. The van der Waals surface area contributed by atoms with Gasteiger partial charge in [-0.1, -0.05) is 6.92 Å². The second-order valence-corrected chi connectivity index (χ2v) is 4.49. The lowest BCUT2D eigenvalue weighted by Crippen LogP contribution is -2.15. The summed E-state index contributed by atoms with van der Waals surface area (Å²) in [4.78, 5) is 8.38. The first-order valence-corrected chi connectivity index (χ1v) is 6.47. The van der Waals surface area contributed by atoms with E-state index in [-0.39, 0.29) is 0 Å². The van der Waals surface area contributed by atoms with E-state index in [1.165, 1.54) is 12.7 Å². The van der Waals surface area contributed by atoms with E-state index in [2.05, 4.69) is 27.6 Å². The van der Waals surface area contributed by atoms with Gasteiger partial charge in [0.05, 0.1) is 0 Å². The van der Waals surface area contributed by atoms with E-state index in [0.717, 1.165) is 44.0 Å². The van der Waals surface area contributed by atoms with Gasteiger partial charge in [0, 0.05) is 25.3 Å². The van der Waals surface area contributed by atoms with Gasteiger partial charge in [0.15, 0.2) is 0 Å². The highest BCUT2D eigenvalue weighted by Gasteiger charge is 2.15. The third-order valence-corrected chi connectivity index (χ3v) is 3.30. The van der Waals surface area contributed by atoms with Crippen molar-refractivity contribution in [3.05, 3.63) is 11.9 Å². The molecule has 18 heavy (non-hydrogen) atoms. The second-order valence-electron chi connectivity index (χ2n) is 4.49. The third-order valence-electron chi connectivity index (χ3n) is 3.30. The molecule has 1 aromatic heterocycles. The quantitative estimate of drug-likeness (QED) is 0.520. The number of anilines is 2. The Hall–Kier alpha value is -1.40. The van der Waals surface area contributed by atoms with Crippen molar-refractivity contribution in [2.45, 2.75) is 26.2 Å². The highest BCUT2D eigenvalue weighted by atomic mass is 16.5. The smallest absolute Gasteiger partial charge is 0.148 e. The summed E-state index contributed by atoms with van der Waals surface area (Å²) in [6.07, 6.45) is 4.64. The number of nitrogen functional groups attached to an aromatic ring is 1. The summed E-state index contributed by atoms with van der Waals surface area (Å²) in [7, 11) is 0. The van der Waals surface area contributed by atoms with Gasteiger partial charge < -0.3 is 15.5 Å². The molecule has 6 heteroatoms. The van der Waals surface area contributed by atoms with Crippen molar-refractivity contribution in [1.82, 2.24) is 9.97 Å². The van der Waals surface area contributed by atoms with Crippen LogP contribution in [0.25, 0.3) is 0 Å². The fourth-order valence-electron chi connectivity index (χ4n) is 2.23. The van der Waals surface area contributed by atoms with Crippen molar-refractivity contribution in [2.24, 2.45) is 11.8 Å². The first kappa shape index (κ1) is 13.0. The first-order valence-electron chi connectivity index (χ1n) is 6.47. The Balaban J connectivity index is 1.91. The van der Waals surface area contributed by atoms with Crippen molar-refractivity contribution >= 4 is 11.6 Å². The zero-order valence-electron chi connectivity index (χ0n) is 10.8. The van der Waals surface area contributed by atoms with Crippen LogP contribution >= 0.6 is 0 Å². The van der Waals surface area contributed by atoms with Gasteiger partial charge in [-0.15, -0.1) is 0 Å². The second kappa shape index (κ2) is 6.51. The zero-order chi connectivity index (χ0) is 12.8. The van der Waals surface area contributed by atoms with Crippen LogP contribution in [0.3, 0.4) is 0 Å². The van der Waals surface area contributed by atoms with Crippen molar-refractivity contribution < 1.29 is 4.74 Å². The summed E-state index contributed by atoms with van der Waals surface area (Å²) in [6, 6.07) is 0. The van der Waals surface area contributed by atoms with Crippen LogP contribution in [0.1, 0.15) is 25.3 Å². The highest BCUT2D eigenvalue weighted by molar-refractivity contribution is 5.56. The molecule has 0 bridgehead atoms. The van der Waals surface area contributed by atoms with E-state index in [0.29, 0.717) is 11.7 Å². The van der Waals surface area contributed by atoms with E-state index in [1.807, 2.05) is 0 Å². The molecular formula is C12H21N5O. The molecule has 1 aliphatic rings. The van der Waals surface area contributed by atoms with Crippen molar-refractivity contribution in [3.63, 3.8) is 0 Å². The number of nitrogens with two attached hydrogens (primary N) is 1. The molecule has 1 aromatic rings. The van der Waals surface area contributed by atoms with Crippen LogP contribution in [-0.4, -0.2) is 29.7 Å². The molecule has 4 N–H and O–H groups in total. The van der Waals surface area contributed by atoms with Crippen molar-refractivity contribution in [3.8, 4) is 0 Å². The van der Waals surface area contributed by atoms with Gasteiger partial charge in [0.1, 0.15) is 18.0 Å². The Morgan fingerprint density at radius 2 is 2.28 bits per heavy atom. The normalized spacial score (nSPS) is 18.9. The molecule has 2 rings (SSSR count). The molecule has 0 radical (unpaired) electrons. The molecule has 100 valence electrons. The molecule has 1 fully saturated rings. The molecule has 0 aliphatic carbocycles. The Morgan fingerprint density at radius 3 is 2.94 bits per heavy atom. The monoisotopic (exact) mass is 251 g/mol. The van der Waals surface area contributed by atoms with E-state index in [1.54, 1.807) is 0 Å². The van der Waals surface area contributed by atoms with Crippen LogP contribution in [0, 0.1) is 5.92 Å². The lowest BCUT2D eigenvalue weighted by atomic mass is 10.1. The topological polar surface area (TPSA) is 85.1 Å². The van der Waals surface area contributed by atoms with Crippen LogP contribution in [0.15, 0.2) is 6.33 Å². The maximum Gasteiger partial charge on any atom is 0.148 e. The van der Waals surface area contributed by atoms with E-state index in [4.69, 9.17) is 10.6 Å². The molecule has 0 saturated carbocycles. The summed E-state index contributed by atoms with van der Waals surface area (Å²) >= 11 is 0. The number of nitrogens with zero attached hydrogens (tertiary/aromatic N) is 2. The minimum absolute atomic E-state index is 0.677. The predicted molar refractivity (Wildman–Crippen MR) is 71.3 cm³/mol. The van der Waals surface area contributed by atoms with Crippen molar-refractivity contribution in [2.75, 3.05) is 30.5 Å². The zero-order valence-corrected chi connectivity index (χ0v) is 10.8. The maximum absolute atomic E-state index is 5.44. The molecule has 1 aliphatic heterocycles. The molecule has 2 heterocycles. The predicted octanol–water partition coefficient (Wildman–Crippen LogP) is 1.16. The van der Waals surface area contributed by atoms with Crippen LogP contribution < -0.4 is 16.6 Å². The molecule has 1 unspecified atom stereocenters. The van der Waals surface area contributed by atoms with Gasteiger partial charge in [-0.05, 0) is 25.2 Å². The lowest BCUT2D eigenvalue weighted by molar-refractivity contribution is 0.185. The summed E-state index contributed by atoms with van der Waals surface area (Å²) in [5.41, 5.74) is 3.64. The van der Waals surface area contributed by atoms with E-state index >= 15 is 0 Å². The third kappa shape index (κ3) is 3.08. The number of nitrogens with one attached hydrogen (secondary N) is 2. The molecular weight excluding hydrogens is 230 g/mol. The average Bonchev–Trinajstić information content (AvgIpc) is 2.91. The largest absolute Gasteiger partial charge is 0.381 e. The average molecular weight is 251 g/mol. The molecule has 0 spiro atoms. The number of rotatable bonds is 6. The minimum Gasteiger partial charge on any atom is -0.381 e. The highest BCUT2D eigenvalue weighted by Crippen LogP contribution is 2.21. The van der Waals surface area contributed by atoms with Gasteiger partial charge in [0.25, 0.3) is 0 Å². The van der Waals surface area contributed by atoms with Crippen LogP contribution in [0.4, 0.5) is 11.6 Å². The summed E-state index contributed by atoms with van der Waals surface area (Å²) in [5.74, 6) is 7.68. The van der Waals surface area contributed by atoms with E-state index in [9.17, 15) is 0 Å². The standard InChI is InChI=1S/C12H21N5O/c1-2-10-11(15-8-16-12(10)17-13)14-5-3-9-4-6-18-7-9/h8-9H,2-7,13H2,1H3,(H2,14,15,16,17). The van der Waals surface area contributed by atoms with Gasteiger partial charge in [-0.2, -0.15) is 0 Å². The fourth-order valence-corrected chi connectivity index (χ4v) is 2.23. The maximum atomic E-state index is 5.44. The number of hydrogen-bond donors (Lipinski definition) is 3. The lowest BCUT2D eigenvalue weighted by Gasteiger charge is -2.13. The Labute approximate surface area is 107 Å². The number of hydrazine groups is 1. The van der Waals surface area contributed by atoms with Gasteiger partial charge in [-0.3, -0.25) is 0 Å².